The molecular formula is C12H17BrN2O. The minimum atomic E-state index is 0.0374. The summed E-state index contributed by atoms with van der Waals surface area (Å²) in [6.07, 6.45) is 1.45. The SMILES string of the molecule is CC(C)CCC(=O)Nc1ccc(Br)c(N)c1. The van der Waals surface area contributed by atoms with Crippen LogP contribution in [0.25, 0.3) is 0 Å². The van der Waals surface area contributed by atoms with Crippen LogP contribution in [-0.4, -0.2) is 5.91 Å². The molecule has 0 aromatic heterocycles. The van der Waals surface area contributed by atoms with Crippen molar-refractivity contribution >= 4 is 33.2 Å². The van der Waals surface area contributed by atoms with Gasteiger partial charge in [0.05, 0.1) is 0 Å². The second-order valence-corrected chi connectivity index (χ2v) is 5.07. The van der Waals surface area contributed by atoms with Crippen LogP contribution < -0.4 is 11.1 Å². The molecule has 0 fully saturated rings. The van der Waals surface area contributed by atoms with Crippen molar-refractivity contribution in [1.82, 2.24) is 0 Å². The monoisotopic (exact) mass is 284 g/mol. The standard InChI is InChI=1S/C12H17BrN2O/c1-8(2)3-6-12(16)15-9-4-5-10(13)11(14)7-9/h4-5,7-8H,3,6,14H2,1-2H3,(H,15,16). The molecule has 4 heteroatoms. The van der Waals surface area contributed by atoms with E-state index in [1.807, 2.05) is 12.1 Å². The summed E-state index contributed by atoms with van der Waals surface area (Å²) in [6, 6.07) is 5.40. The first-order valence-corrected chi connectivity index (χ1v) is 6.13. The van der Waals surface area contributed by atoms with Crippen LogP contribution in [0.3, 0.4) is 0 Å². The Morgan fingerprint density at radius 1 is 1.50 bits per heavy atom. The van der Waals surface area contributed by atoms with Gasteiger partial charge in [0.25, 0.3) is 0 Å². The van der Waals surface area contributed by atoms with E-state index < -0.39 is 0 Å². The summed E-state index contributed by atoms with van der Waals surface area (Å²) in [5.41, 5.74) is 7.09. The molecule has 0 radical (unpaired) electrons. The van der Waals surface area contributed by atoms with Gasteiger partial charge in [0.2, 0.25) is 5.91 Å². The van der Waals surface area contributed by atoms with Gasteiger partial charge in [-0.2, -0.15) is 0 Å². The molecule has 1 rings (SSSR count). The molecule has 3 N–H and O–H groups in total. The van der Waals surface area contributed by atoms with Crippen molar-refractivity contribution < 1.29 is 4.79 Å². The van der Waals surface area contributed by atoms with Crippen LogP contribution in [0.5, 0.6) is 0 Å². The number of nitrogens with one attached hydrogen (secondary N) is 1. The highest BCUT2D eigenvalue weighted by Crippen LogP contribution is 2.23. The molecule has 0 unspecified atom stereocenters. The molecule has 0 saturated heterocycles. The van der Waals surface area contributed by atoms with Crippen LogP contribution in [0, 0.1) is 5.92 Å². The minimum absolute atomic E-state index is 0.0374. The fourth-order valence-corrected chi connectivity index (χ4v) is 1.51. The summed E-state index contributed by atoms with van der Waals surface area (Å²) in [6.45, 7) is 4.20. The molecule has 0 saturated carbocycles. The number of rotatable bonds is 4. The Kier molecular flexibility index (Phi) is 4.80. The summed E-state index contributed by atoms with van der Waals surface area (Å²) in [4.78, 5) is 11.5. The molecule has 0 atom stereocenters. The number of carbonyl (C=O) groups excluding carboxylic acids is 1. The highest BCUT2D eigenvalue weighted by atomic mass is 79.9. The number of carbonyl (C=O) groups is 1. The average Bonchev–Trinajstić information content (AvgIpc) is 2.21. The van der Waals surface area contributed by atoms with E-state index in [1.54, 1.807) is 6.07 Å². The quantitative estimate of drug-likeness (QED) is 0.833. The van der Waals surface area contributed by atoms with Crippen LogP contribution >= 0.6 is 15.9 Å². The predicted molar refractivity (Wildman–Crippen MR) is 71.3 cm³/mol. The van der Waals surface area contributed by atoms with Gasteiger partial charge in [-0.05, 0) is 46.5 Å². The highest BCUT2D eigenvalue weighted by molar-refractivity contribution is 9.10. The predicted octanol–water partition coefficient (Wildman–Crippen LogP) is 3.41. The van der Waals surface area contributed by atoms with Gasteiger partial charge in [-0.15, -0.1) is 0 Å². The zero-order valence-electron chi connectivity index (χ0n) is 9.59. The lowest BCUT2D eigenvalue weighted by atomic mass is 10.1. The summed E-state index contributed by atoms with van der Waals surface area (Å²) >= 11 is 3.31. The number of hydrogen-bond acceptors (Lipinski definition) is 2. The summed E-state index contributed by atoms with van der Waals surface area (Å²) in [5, 5.41) is 2.83. The van der Waals surface area contributed by atoms with Crippen molar-refractivity contribution in [1.29, 1.82) is 0 Å². The maximum atomic E-state index is 11.5. The van der Waals surface area contributed by atoms with Crippen LogP contribution in [-0.2, 0) is 4.79 Å². The zero-order chi connectivity index (χ0) is 12.1. The highest BCUT2D eigenvalue weighted by Gasteiger charge is 2.05. The summed E-state index contributed by atoms with van der Waals surface area (Å²) in [7, 11) is 0. The third kappa shape index (κ3) is 4.23. The Morgan fingerprint density at radius 2 is 2.19 bits per heavy atom. The van der Waals surface area contributed by atoms with Gasteiger partial charge in [-0.1, -0.05) is 13.8 Å². The summed E-state index contributed by atoms with van der Waals surface area (Å²) in [5.74, 6) is 0.580. The summed E-state index contributed by atoms with van der Waals surface area (Å²) < 4.78 is 0.840. The number of halogens is 1. The molecule has 0 spiro atoms. The van der Waals surface area contributed by atoms with Gasteiger partial charge >= 0.3 is 0 Å². The van der Waals surface area contributed by atoms with E-state index in [2.05, 4.69) is 35.1 Å². The molecule has 0 aliphatic carbocycles. The third-order valence-electron chi connectivity index (χ3n) is 2.23. The lowest BCUT2D eigenvalue weighted by Crippen LogP contribution is -2.12. The first-order chi connectivity index (χ1) is 7.49. The van der Waals surface area contributed by atoms with E-state index in [1.165, 1.54) is 0 Å². The van der Waals surface area contributed by atoms with E-state index in [4.69, 9.17) is 5.73 Å². The van der Waals surface area contributed by atoms with Crippen molar-refractivity contribution in [2.75, 3.05) is 11.1 Å². The van der Waals surface area contributed by atoms with E-state index in [9.17, 15) is 4.79 Å². The second kappa shape index (κ2) is 5.89. The molecule has 0 aliphatic heterocycles. The van der Waals surface area contributed by atoms with Crippen LogP contribution in [0.1, 0.15) is 26.7 Å². The van der Waals surface area contributed by atoms with Gasteiger partial charge in [0.15, 0.2) is 0 Å². The molecule has 3 nitrogen and oxygen atoms in total. The molecular weight excluding hydrogens is 268 g/mol. The lowest BCUT2D eigenvalue weighted by molar-refractivity contribution is -0.116. The number of benzene rings is 1. The Labute approximate surface area is 105 Å². The smallest absolute Gasteiger partial charge is 0.224 e. The van der Waals surface area contributed by atoms with Crippen molar-refractivity contribution in [2.45, 2.75) is 26.7 Å². The van der Waals surface area contributed by atoms with Gasteiger partial charge in [0, 0.05) is 22.3 Å². The van der Waals surface area contributed by atoms with Crippen LogP contribution in [0.4, 0.5) is 11.4 Å². The Balaban J connectivity index is 2.53. The topological polar surface area (TPSA) is 55.1 Å². The maximum absolute atomic E-state index is 11.5. The molecule has 1 amide bonds. The molecule has 1 aromatic carbocycles. The molecule has 1 aromatic rings. The Morgan fingerprint density at radius 3 is 2.75 bits per heavy atom. The third-order valence-corrected chi connectivity index (χ3v) is 2.95. The molecule has 0 heterocycles. The average molecular weight is 285 g/mol. The number of hydrogen-bond donors (Lipinski definition) is 2. The van der Waals surface area contributed by atoms with Crippen molar-refractivity contribution in [3.8, 4) is 0 Å². The van der Waals surface area contributed by atoms with Crippen molar-refractivity contribution in [3.05, 3.63) is 22.7 Å². The van der Waals surface area contributed by atoms with Crippen LogP contribution in [0.2, 0.25) is 0 Å². The molecule has 16 heavy (non-hydrogen) atoms. The van der Waals surface area contributed by atoms with E-state index >= 15 is 0 Å². The van der Waals surface area contributed by atoms with E-state index in [-0.39, 0.29) is 5.91 Å². The lowest BCUT2D eigenvalue weighted by Gasteiger charge is -2.08. The van der Waals surface area contributed by atoms with E-state index in [0.717, 1.165) is 16.6 Å². The normalized spacial score (nSPS) is 10.5. The Bertz CT molecular complexity index is 377. The number of amides is 1. The zero-order valence-corrected chi connectivity index (χ0v) is 11.2. The Hall–Kier alpha value is -1.03. The number of nitrogen functional groups attached to an aromatic ring is 1. The molecule has 0 bridgehead atoms. The second-order valence-electron chi connectivity index (χ2n) is 4.22. The first kappa shape index (κ1) is 13.0. The van der Waals surface area contributed by atoms with Crippen molar-refractivity contribution in [3.63, 3.8) is 0 Å². The number of anilines is 2. The minimum Gasteiger partial charge on any atom is -0.398 e. The van der Waals surface area contributed by atoms with Gasteiger partial charge in [0.1, 0.15) is 0 Å². The molecule has 88 valence electrons. The fraction of sp³-hybridized carbons (Fsp3) is 0.417. The fourth-order valence-electron chi connectivity index (χ4n) is 1.26. The van der Waals surface area contributed by atoms with Gasteiger partial charge < -0.3 is 11.1 Å². The van der Waals surface area contributed by atoms with E-state index in [0.29, 0.717) is 18.0 Å². The van der Waals surface area contributed by atoms with Crippen LogP contribution in [0.15, 0.2) is 22.7 Å². The largest absolute Gasteiger partial charge is 0.398 e. The van der Waals surface area contributed by atoms with Gasteiger partial charge in [-0.3, -0.25) is 4.79 Å². The molecule has 0 aliphatic rings. The van der Waals surface area contributed by atoms with Crippen molar-refractivity contribution in [2.24, 2.45) is 5.92 Å². The maximum Gasteiger partial charge on any atom is 0.224 e. The number of nitrogens with two attached hydrogens (primary N) is 1. The first-order valence-electron chi connectivity index (χ1n) is 5.34. The van der Waals surface area contributed by atoms with Gasteiger partial charge in [-0.25, -0.2) is 0 Å².